The third kappa shape index (κ3) is 4.21. The van der Waals surface area contributed by atoms with E-state index in [0.29, 0.717) is 5.15 Å². The molecular formula is C17H20BrClN2. The zero-order valence-corrected chi connectivity index (χ0v) is 15.1. The SMILES string of the molecule is CC(Nc1cc(Br)cnc1Cl)c1ccc(C(C)(C)C)cc1. The van der Waals surface area contributed by atoms with Gasteiger partial charge in [-0.25, -0.2) is 4.98 Å². The third-order valence-corrected chi connectivity index (χ3v) is 4.19. The van der Waals surface area contributed by atoms with Crippen LogP contribution >= 0.6 is 27.5 Å². The van der Waals surface area contributed by atoms with E-state index in [1.807, 2.05) is 6.07 Å². The number of benzene rings is 1. The highest BCUT2D eigenvalue weighted by molar-refractivity contribution is 9.10. The van der Waals surface area contributed by atoms with Gasteiger partial charge in [-0.05, 0) is 45.5 Å². The van der Waals surface area contributed by atoms with E-state index in [-0.39, 0.29) is 11.5 Å². The number of anilines is 1. The Labute approximate surface area is 140 Å². The van der Waals surface area contributed by atoms with Crippen LogP contribution in [0.15, 0.2) is 41.0 Å². The summed E-state index contributed by atoms with van der Waals surface area (Å²) in [7, 11) is 0. The molecule has 1 heterocycles. The van der Waals surface area contributed by atoms with Crippen molar-refractivity contribution in [2.45, 2.75) is 39.2 Å². The van der Waals surface area contributed by atoms with Crippen LogP contribution in [0.5, 0.6) is 0 Å². The maximum Gasteiger partial charge on any atom is 0.152 e. The fraction of sp³-hybridized carbons (Fsp3) is 0.353. The molecule has 1 aromatic carbocycles. The summed E-state index contributed by atoms with van der Waals surface area (Å²) in [5, 5.41) is 3.88. The normalized spacial score (nSPS) is 13.0. The lowest BCUT2D eigenvalue weighted by molar-refractivity contribution is 0.589. The van der Waals surface area contributed by atoms with Crippen LogP contribution in [0, 0.1) is 0 Å². The molecule has 0 aliphatic heterocycles. The Kier molecular flexibility index (Phi) is 4.95. The van der Waals surface area contributed by atoms with E-state index in [1.165, 1.54) is 11.1 Å². The molecule has 2 rings (SSSR count). The van der Waals surface area contributed by atoms with Crippen molar-refractivity contribution < 1.29 is 0 Å². The predicted octanol–water partition coefficient (Wildman–Crippen LogP) is 5.97. The second kappa shape index (κ2) is 6.37. The molecule has 0 saturated carbocycles. The topological polar surface area (TPSA) is 24.9 Å². The second-order valence-corrected chi connectivity index (χ2v) is 7.50. The predicted molar refractivity (Wildman–Crippen MR) is 94.1 cm³/mol. The van der Waals surface area contributed by atoms with Gasteiger partial charge in [0.1, 0.15) is 0 Å². The van der Waals surface area contributed by atoms with Crippen molar-refractivity contribution in [1.82, 2.24) is 4.98 Å². The van der Waals surface area contributed by atoms with Gasteiger partial charge in [0.05, 0.1) is 5.69 Å². The highest BCUT2D eigenvalue weighted by Crippen LogP contribution is 2.28. The molecule has 2 nitrogen and oxygen atoms in total. The van der Waals surface area contributed by atoms with Gasteiger partial charge in [-0.15, -0.1) is 0 Å². The molecule has 21 heavy (non-hydrogen) atoms. The van der Waals surface area contributed by atoms with Gasteiger partial charge in [0.15, 0.2) is 5.15 Å². The van der Waals surface area contributed by atoms with Crippen molar-refractivity contribution in [3.8, 4) is 0 Å². The molecule has 0 aliphatic rings. The summed E-state index contributed by atoms with van der Waals surface area (Å²) in [4.78, 5) is 4.13. The summed E-state index contributed by atoms with van der Waals surface area (Å²) in [5.41, 5.74) is 3.56. The minimum Gasteiger partial charge on any atom is -0.376 e. The molecule has 1 atom stereocenters. The lowest BCUT2D eigenvalue weighted by Crippen LogP contribution is -2.12. The Morgan fingerprint density at radius 2 is 1.81 bits per heavy atom. The summed E-state index contributed by atoms with van der Waals surface area (Å²) in [6, 6.07) is 10.8. The van der Waals surface area contributed by atoms with Gasteiger partial charge in [-0.1, -0.05) is 56.6 Å². The molecule has 1 aromatic heterocycles. The zero-order chi connectivity index (χ0) is 15.6. The van der Waals surface area contributed by atoms with Gasteiger partial charge in [0.2, 0.25) is 0 Å². The van der Waals surface area contributed by atoms with Crippen LogP contribution in [0.4, 0.5) is 5.69 Å². The van der Waals surface area contributed by atoms with Crippen LogP contribution in [0.3, 0.4) is 0 Å². The maximum absolute atomic E-state index is 6.12. The number of hydrogen-bond donors (Lipinski definition) is 1. The molecule has 0 amide bonds. The van der Waals surface area contributed by atoms with E-state index in [2.05, 4.69) is 78.2 Å². The van der Waals surface area contributed by atoms with E-state index in [4.69, 9.17) is 11.6 Å². The number of nitrogens with one attached hydrogen (secondary N) is 1. The standard InChI is InChI=1S/C17H20BrClN2/c1-11(21-15-9-14(18)10-20-16(15)19)12-5-7-13(8-6-12)17(2,3)4/h5-11,21H,1-4H3. The van der Waals surface area contributed by atoms with Crippen molar-refractivity contribution in [2.75, 3.05) is 5.32 Å². The first kappa shape index (κ1) is 16.3. The Bertz CT molecular complexity index is 618. The highest BCUT2D eigenvalue weighted by atomic mass is 79.9. The molecule has 4 heteroatoms. The van der Waals surface area contributed by atoms with Crippen LogP contribution in [-0.4, -0.2) is 4.98 Å². The number of pyridine rings is 1. The lowest BCUT2D eigenvalue weighted by Gasteiger charge is -2.21. The number of hydrogen-bond acceptors (Lipinski definition) is 2. The van der Waals surface area contributed by atoms with Crippen molar-refractivity contribution >= 4 is 33.2 Å². The lowest BCUT2D eigenvalue weighted by atomic mass is 9.86. The number of aromatic nitrogens is 1. The van der Waals surface area contributed by atoms with Crippen molar-refractivity contribution in [2.24, 2.45) is 0 Å². The molecule has 0 bridgehead atoms. The molecule has 0 fully saturated rings. The fourth-order valence-electron chi connectivity index (χ4n) is 2.11. The monoisotopic (exact) mass is 366 g/mol. The minimum absolute atomic E-state index is 0.160. The Morgan fingerprint density at radius 3 is 2.38 bits per heavy atom. The highest BCUT2D eigenvalue weighted by Gasteiger charge is 2.14. The molecule has 2 aromatic rings. The van der Waals surface area contributed by atoms with Gasteiger partial charge in [0, 0.05) is 16.7 Å². The third-order valence-electron chi connectivity index (χ3n) is 3.45. The summed E-state index contributed by atoms with van der Waals surface area (Å²) < 4.78 is 0.907. The molecule has 1 unspecified atom stereocenters. The van der Waals surface area contributed by atoms with E-state index in [1.54, 1.807) is 6.20 Å². The number of nitrogens with zero attached hydrogens (tertiary/aromatic N) is 1. The van der Waals surface area contributed by atoms with Crippen LogP contribution in [0.2, 0.25) is 5.15 Å². The van der Waals surface area contributed by atoms with Crippen molar-refractivity contribution in [1.29, 1.82) is 0 Å². The van der Waals surface area contributed by atoms with Gasteiger partial charge < -0.3 is 5.32 Å². The smallest absolute Gasteiger partial charge is 0.152 e. The fourth-order valence-corrected chi connectivity index (χ4v) is 2.60. The molecular weight excluding hydrogens is 348 g/mol. The molecule has 0 aliphatic carbocycles. The van der Waals surface area contributed by atoms with Gasteiger partial charge in [0.25, 0.3) is 0 Å². The Morgan fingerprint density at radius 1 is 1.19 bits per heavy atom. The van der Waals surface area contributed by atoms with E-state index >= 15 is 0 Å². The van der Waals surface area contributed by atoms with E-state index in [9.17, 15) is 0 Å². The van der Waals surface area contributed by atoms with Gasteiger partial charge in [-0.2, -0.15) is 0 Å². The summed E-state index contributed by atoms with van der Waals surface area (Å²) >= 11 is 9.53. The van der Waals surface area contributed by atoms with Crippen LogP contribution < -0.4 is 5.32 Å². The summed E-state index contributed by atoms with van der Waals surface area (Å²) in [6.07, 6.45) is 1.69. The second-order valence-electron chi connectivity index (χ2n) is 6.23. The molecule has 0 saturated heterocycles. The summed E-state index contributed by atoms with van der Waals surface area (Å²) in [5.74, 6) is 0. The molecule has 0 radical (unpaired) electrons. The quantitative estimate of drug-likeness (QED) is 0.676. The maximum atomic E-state index is 6.12. The van der Waals surface area contributed by atoms with Crippen LogP contribution in [0.25, 0.3) is 0 Å². The largest absolute Gasteiger partial charge is 0.376 e. The van der Waals surface area contributed by atoms with Crippen LogP contribution in [-0.2, 0) is 5.41 Å². The summed E-state index contributed by atoms with van der Waals surface area (Å²) in [6.45, 7) is 8.77. The first-order valence-electron chi connectivity index (χ1n) is 6.95. The molecule has 0 spiro atoms. The van der Waals surface area contributed by atoms with Gasteiger partial charge >= 0.3 is 0 Å². The van der Waals surface area contributed by atoms with E-state index < -0.39 is 0 Å². The van der Waals surface area contributed by atoms with Crippen molar-refractivity contribution in [3.63, 3.8) is 0 Å². The number of halogens is 2. The molecule has 1 N–H and O–H groups in total. The Balaban J connectivity index is 2.17. The number of rotatable bonds is 3. The Hall–Kier alpha value is -1.06. The first-order chi connectivity index (χ1) is 9.77. The van der Waals surface area contributed by atoms with Crippen molar-refractivity contribution in [3.05, 3.63) is 57.3 Å². The van der Waals surface area contributed by atoms with E-state index in [0.717, 1.165) is 10.2 Å². The van der Waals surface area contributed by atoms with Gasteiger partial charge in [-0.3, -0.25) is 0 Å². The average molecular weight is 368 g/mol. The van der Waals surface area contributed by atoms with Crippen LogP contribution in [0.1, 0.15) is 44.9 Å². The molecule has 112 valence electrons. The minimum atomic E-state index is 0.160. The zero-order valence-electron chi connectivity index (χ0n) is 12.7. The average Bonchev–Trinajstić information content (AvgIpc) is 2.42. The first-order valence-corrected chi connectivity index (χ1v) is 8.12.